The SMILES string of the molecule is CSc1ncc2cc(Oc3ccc(NC(C)=O)cc3F)c(NCCO)nc2n1. The third kappa shape index (κ3) is 4.65. The summed E-state index contributed by atoms with van der Waals surface area (Å²) in [6, 6.07) is 5.75. The van der Waals surface area contributed by atoms with Crippen molar-refractivity contribution in [2.75, 3.05) is 30.0 Å². The van der Waals surface area contributed by atoms with Crippen molar-refractivity contribution in [2.45, 2.75) is 12.1 Å². The third-order valence-electron chi connectivity index (χ3n) is 3.57. The summed E-state index contributed by atoms with van der Waals surface area (Å²) in [4.78, 5) is 24.1. The van der Waals surface area contributed by atoms with Crippen molar-refractivity contribution < 1.29 is 19.0 Å². The number of ether oxygens (including phenoxy) is 1. The molecule has 3 aromatic rings. The van der Waals surface area contributed by atoms with Crippen LogP contribution in [0.4, 0.5) is 15.9 Å². The third-order valence-corrected chi connectivity index (χ3v) is 4.13. The number of hydrogen-bond donors (Lipinski definition) is 3. The summed E-state index contributed by atoms with van der Waals surface area (Å²) in [7, 11) is 0. The van der Waals surface area contributed by atoms with Gasteiger partial charge in [0.05, 0.1) is 6.61 Å². The van der Waals surface area contributed by atoms with E-state index in [1.54, 1.807) is 12.3 Å². The Kier molecular flexibility index (Phi) is 6.22. The van der Waals surface area contributed by atoms with Crippen molar-refractivity contribution in [2.24, 2.45) is 0 Å². The van der Waals surface area contributed by atoms with E-state index in [4.69, 9.17) is 9.84 Å². The molecular weight excluding hydrogens is 385 g/mol. The number of carbonyl (C=O) groups excluding carboxylic acids is 1. The number of nitrogens with one attached hydrogen (secondary N) is 2. The lowest BCUT2D eigenvalue weighted by Crippen LogP contribution is -2.09. The van der Waals surface area contributed by atoms with Gasteiger partial charge in [-0.15, -0.1) is 0 Å². The Bertz CT molecular complexity index is 1020. The van der Waals surface area contributed by atoms with Crippen molar-refractivity contribution >= 4 is 40.2 Å². The summed E-state index contributed by atoms with van der Waals surface area (Å²) in [6.45, 7) is 1.46. The summed E-state index contributed by atoms with van der Waals surface area (Å²) >= 11 is 1.39. The van der Waals surface area contributed by atoms with E-state index in [0.29, 0.717) is 27.7 Å². The van der Waals surface area contributed by atoms with Gasteiger partial charge in [-0.25, -0.2) is 19.3 Å². The van der Waals surface area contributed by atoms with Gasteiger partial charge < -0.3 is 20.5 Å². The van der Waals surface area contributed by atoms with Crippen molar-refractivity contribution in [3.63, 3.8) is 0 Å². The Hall–Kier alpha value is -2.98. The molecule has 28 heavy (non-hydrogen) atoms. The number of benzene rings is 1. The first-order valence-corrected chi connectivity index (χ1v) is 9.54. The number of rotatable bonds is 7. The topological polar surface area (TPSA) is 109 Å². The van der Waals surface area contributed by atoms with E-state index in [0.717, 1.165) is 0 Å². The molecule has 0 bridgehead atoms. The molecule has 0 saturated heterocycles. The van der Waals surface area contributed by atoms with Gasteiger partial charge in [0, 0.05) is 36.8 Å². The second-order valence-electron chi connectivity index (χ2n) is 5.68. The molecule has 1 amide bonds. The van der Waals surface area contributed by atoms with E-state index < -0.39 is 5.82 Å². The first-order valence-electron chi connectivity index (χ1n) is 8.31. The molecule has 10 heteroatoms. The zero-order valence-corrected chi connectivity index (χ0v) is 16.0. The molecule has 0 aliphatic rings. The Balaban J connectivity index is 1.97. The Morgan fingerprint density at radius 3 is 2.79 bits per heavy atom. The van der Waals surface area contributed by atoms with Crippen LogP contribution in [0.3, 0.4) is 0 Å². The van der Waals surface area contributed by atoms with Crippen LogP contribution >= 0.6 is 11.8 Å². The number of carbonyl (C=O) groups is 1. The van der Waals surface area contributed by atoms with Crippen LogP contribution in [0.5, 0.6) is 11.5 Å². The Morgan fingerprint density at radius 2 is 2.11 bits per heavy atom. The molecule has 0 aliphatic carbocycles. The molecule has 3 N–H and O–H groups in total. The first-order chi connectivity index (χ1) is 13.5. The maximum absolute atomic E-state index is 14.4. The molecular formula is C18H18FN5O3S. The van der Waals surface area contributed by atoms with Crippen LogP contribution in [0.2, 0.25) is 0 Å². The zero-order chi connectivity index (χ0) is 20.1. The predicted octanol–water partition coefficient (Wildman–Crippen LogP) is 3.04. The smallest absolute Gasteiger partial charge is 0.221 e. The number of halogens is 1. The van der Waals surface area contributed by atoms with Crippen molar-refractivity contribution in [3.8, 4) is 11.5 Å². The number of nitrogens with zero attached hydrogens (tertiary/aromatic N) is 3. The van der Waals surface area contributed by atoms with Gasteiger partial charge in [0.25, 0.3) is 0 Å². The van der Waals surface area contributed by atoms with Crippen LogP contribution in [0.15, 0.2) is 35.6 Å². The normalized spacial score (nSPS) is 10.7. The molecule has 0 aliphatic heterocycles. The van der Waals surface area contributed by atoms with Crippen LogP contribution in [-0.2, 0) is 4.79 Å². The molecule has 3 rings (SSSR count). The van der Waals surface area contributed by atoms with Gasteiger partial charge in [0.1, 0.15) is 0 Å². The monoisotopic (exact) mass is 403 g/mol. The summed E-state index contributed by atoms with van der Waals surface area (Å²) in [5.41, 5.74) is 0.777. The molecule has 0 atom stereocenters. The lowest BCUT2D eigenvalue weighted by Gasteiger charge is -2.14. The number of anilines is 2. The van der Waals surface area contributed by atoms with Gasteiger partial charge in [-0.2, -0.15) is 0 Å². The zero-order valence-electron chi connectivity index (χ0n) is 15.2. The summed E-state index contributed by atoms with van der Waals surface area (Å²) in [5.74, 6) is -0.408. The van der Waals surface area contributed by atoms with Crippen molar-refractivity contribution in [3.05, 3.63) is 36.3 Å². The number of amides is 1. The van der Waals surface area contributed by atoms with Crippen molar-refractivity contribution in [1.29, 1.82) is 0 Å². The number of thioether (sulfide) groups is 1. The molecule has 0 unspecified atom stereocenters. The maximum Gasteiger partial charge on any atom is 0.221 e. The fourth-order valence-corrected chi connectivity index (χ4v) is 2.72. The standard InChI is InChI=1S/C18H18FN5O3S/c1-10(26)22-12-3-4-14(13(19)8-12)27-15-7-11-9-21-18(28-2)24-16(11)23-17(15)20-5-6-25/h3-4,7-9,25H,5-6H2,1-2H3,(H,22,26)(H,20,21,23,24). The Morgan fingerprint density at radius 1 is 1.29 bits per heavy atom. The van der Waals surface area contributed by atoms with Gasteiger partial charge in [0.15, 0.2) is 33.9 Å². The number of pyridine rings is 1. The number of aliphatic hydroxyl groups excluding tert-OH is 1. The van der Waals surface area contributed by atoms with Crippen LogP contribution in [0.25, 0.3) is 11.0 Å². The van der Waals surface area contributed by atoms with Gasteiger partial charge >= 0.3 is 0 Å². The lowest BCUT2D eigenvalue weighted by molar-refractivity contribution is -0.114. The molecule has 8 nitrogen and oxygen atoms in total. The highest BCUT2D eigenvalue weighted by atomic mass is 32.2. The van der Waals surface area contributed by atoms with Crippen LogP contribution in [0.1, 0.15) is 6.92 Å². The molecule has 2 heterocycles. The van der Waals surface area contributed by atoms with Crippen LogP contribution in [-0.4, -0.2) is 45.4 Å². The number of hydrogen-bond acceptors (Lipinski definition) is 8. The average molecular weight is 403 g/mol. The average Bonchev–Trinajstić information content (AvgIpc) is 2.67. The number of fused-ring (bicyclic) bond motifs is 1. The quantitative estimate of drug-likeness (QED) is 0.408. The first kappa shape index (κ1) is 19.8. The van der Waals surface area contributed by atoms with Crippen molar-refractivity contribution in [1.82, 2.24) is 15.0 Å². The maximum atomic E-state index is 14.4. The molecule has 2 aromatic heterocycles. The van der Waals surface area contributed by atoms with E-state index in [1.807, 2.05) is 6.26 Å². The van der Waals surface area contributed by atoms with Gasteiger partial charge in [0.2, 0.25) is 5.91 Å². The van der Waals surface area contributed by atoms with E-state index >= 15 is 0 Å². The minimum atomic E-state index is -0.645. The predicted molar refractivity (Wildman–Crippen MR) is 105 cm³/mol. The van der Waals surface area contributed by atoms with Gasteiger partial charge in [-0.05, 0) is 24.5 Å². The van der Waals surface area contributed by atoms with Crippen LogP contribution < -0.4 is 15.4 Å². The second-order valence-corrected chi connectivity index (χ2v) is 6.46. The fourth-order valence-electron chi connectivity index (χ4n) is 2.39. The van der Waals surface area contributed by atoms with E-state index in [1.165, 1.54) is 36.9 Å². The summed E-state index contributed by atoms with van der Waals surface area (Å²) in [6.07, 6.45) is 3.47. The largest absolute Gasteiger partial charge is 0.450 e. The summed E-state index contributed by atoms with van der Waals surface area (Å²) < 4.78 is 20.1. The fraction of sp³-hybridized carbons (Fsp3) is 0.222. The Labute approximate surface area is 164 Å². The highest BCUT2D eigenvalue weighted by molar-refractivity contribution is 7.98. The number of aromatic nitrogens is 3. The minimum Gasteiger partial charge on any atom is -0.450 e. The molecule has 0 spiro atoms. The highest BCUT2D eigenvalue weighted by Crippen LogP contribution is 2.33. The molecule has 0 radical (unpaired) electrons. The molecule has 146 valence electrons. The second kappa shape index (κ2) is 8.81. The molecule has 0 saturated carbocycles. The van der Waals surface area contributed by atoms with Crippen LogP contribution in [0, 0.1) is 5.82 Å². The lowest BCUT2D eigenvalue weighted by atomic mass is 10.2. The number of aliphatic hydroxyl groups is 1. The van der Waals surface area contributed by atoms with Gasteiger partial charge in [-0.3, -0.25) is 4.79 Å². The molecule has 1 aromatic carbocycles. The van der Waals surface area contributed by atoms with E-state index in [9.17, 15) is 9.18 Å². The summed E-state index contributed by atoms with van der Waals surface area (Å²) in [5, 5.41) is 15.7. The minimum absolute atomic E-state index is 0.0380. The van der Waals surface area contributed by atoms with E-state index in [2.05, 4.69) is 25.6 Å². The highest BCUT2D eigenvalue weighted by Gasteiger charge is 2.14. The van der Waals surface area contributed by atoms with E-state index in [-0.39, 0.29) is 30.6 Å². The molecule has 0 fully saturated rings. The van der Waals surface area contributed by atoms with Gasteiger partial charge in [-0.1, -0.05) is 11.8 Å².